The molecule has 0 fully saturated rings. The van der Waals surface area contributed by atoms with Crippen molar-refractivity contribution in [1.82, 2.24) is 4.98 Å². The molecule has 2 N–H and O–H groups in total. The average molecular weight is 419 g/mol. The van der Waals surface area contributed by atoms with E-state index in [9.17, 15) is 5.11 Å². The summed E-state index contributed by atoms with van der Waals surface area (Å²) in [4.78, 5) is 4.36. The Morgan fingerprint density at radius 1 is 0.926 bits per heavy atom. The van der Waals surface area contributed by atoms with Gasteiger partial charge >= 0.3 is 0 Å². The minimum atomic E-state index is -0.202. The Bertz CT molecular complexity index is 1080. The van der Waals surface area contributed by atoms with E-state index in [1.165, 1.54) is 5.56 Å². The molecule has 0 saturated carbocycles. The second-order valence-electron chi connectivity index (χ2n) is 6.57. The predicted octanol–water partition coefficient (Wildman–Crippen LogP) is 6.21. The first kappa shape index (κ1) is 17.6. The van der Waals surface area contributed by atoms with Crippen LogP contribution in [0, 0.1) is 6.92 Å². The molecule has 134 valence electrons. The van der Waals surface area contributed by atoms with Gasteiger partial charge < -0.3 is 10.4 Å². The highest BCUT2D eigenvalue weighted by atomic mass is 79.9. The number of hydrogen-bond donors (Lipinski definition) is 2. The van der Waals surface area contributed by atoms with Crippen molar-refractivity contribution in [2.45, 2.75) is 13.0 Å². The Balaban J connectivity index is 1.83. The molecule has 1 atom stereocenters. The lowest BCUT2D eigenvalue weighted by Gasteiger charge is -2.23. The average Bonchev–Trinajstić information content (AvgIpc) is 2.69. The van der Waals surface area contributed by atoms with E-state index in [2.05, 4.69) is 69.6 Å². The van der Waals surface area contributed by atoms with E-state index in [4.69, 9.17) is 0 Å². The number of aryl methyl sites for hydroxylation is 1. The number of phenols is 1. The Hall–Kier alpha value is -2.85. The van der Waals surface area contributed by atoms with Crippen molar-refractivity contribution >= 4 is 32.5 Å². The standard InChI is InChI=1S/C23H19BrN2O/c1-15-4-11-19(12-5-15)26-21(17-6-9-18(24)10-7-17)20-13-8-16-3-2-14-25-22(16)23(20)27/h2-14,21,26-27H,1H3/t21-/m1/s1. The molecule has 1 heterocycles. The van der Waals surface area contributed by atoms with Gasteiger partial charge in [-0.3, -0.25) is 4.98 Å². The fourth-order valence-electron chi connectivity index (χ4n) is 3.19. The number of hydrogen-bond acceptors (Lipinski definition) is 3. The first-order valence-corrected chi connectivity index (χ1v) is 9.56. The smallest absolute Gasteiger partial charge is 0.147 e. The van der Waals surface area contributed by atoms with Gasteiger partial charge in [-0.15, -0.1) is 0 Å². The van der Waals surface area contributed by atoms with Gasteiger partial charge in [0.15, 0.2) is 0 Å². The molecule has 4 aromatic rings. The highest BCUT2D eigenvalue weighted by Crippen LogP contribution is 2.36. The molecule has 0 aliphatic heterocycles. The minimum Gasteiger partial charge on any atom is -0.505 e. The van der Waals surface area contributed by atoms with Gasteiger partial charge in [-0.2, -0.15) is 0 Å². The number of aromatic hydroxyl groups is 1. The second kappa shape index (κ2) is 7.41. The Morgan fingerprint density at radius 2 is 1.67 bits per heavy atom. The maximum atomic E-state index is 10.9. The highest BCUT2D eigenvalue weighted by Gasteiger charge is 2.20. The molecule has 4 heteroatoms. The number of phenolic OH excluding ortho intramolecular Hbond substituents is 1. The quantitative estimate of drug-likeness (QED) is 0.413. The maximum absolute atomic E-state index is 10.9. The van der Waals surface area contributed by atoms with Gasteiger partial charge in [0.2, 0.25) is 0 Å². The van der Waals surface area contributed by atoms with Crippen LogP contribution in [0.2, 0.25) is 0 Å². The molecule has 0 amide bonds. The topological polar surface area (TPSA) is 45.2 Å². The molecule has 3 aromatic carbocycles. The number of nitrogens with zero attached hydrogens (tertiary/aromatic N) is 1. The van der Waals surface area contributed by atoms with Crippen LogP contribution in [0.5, 0.6) is 5.75 Å². The summed E-state index contributed by atoms with van der Waals surface area (Å²) in [5.74, 6) is 0.209. The number of benzene rings is 3. The van der Waals surface area contributed by atoms with E-state index in [1.807, 2.05) is 36.4 Å². The number of aromatic nitrogens is 1. The highest BCUT2D eigenvalue weighted by molar-refractivity contribution is 9.10. The maximum Gasteiger partial charge on any atom is 0.147 e. The van der Waals surface area contributed by atoms with Crippen LogP contribution in [0.3, 0.4) is 0 Å². The fourth-order valence-corrected chi connectivity index (χ4v) is 3.45. The van der Waals surface area contributed by atoms with Crippen LogP contribution in [0.25, 0.3) is 10.9 Å². The van der Waals surface area contributed by atoms with Gasteiger partial charge in [0.05, 0.1) is 6.04 Å². The number of nitrogens with one attached hydrogen (secondary N) is 1. The van der Waals surface area contributed by atoms with Crippen molar-refractivity contribution in [3.63, 3.8) is 0 Å². The first-order chi connectivity index (χ1) is 13.1. The molecule has 0 saturated heterocycles. The van der Waals surface area contributed by atoms with Crippen molar-refractivity contribution in [2.75, 3.05) is 5.32 Å². The van der Waals surface area contributed by atoms with Crippen LogP contribution in [-0.2, 0) is 0 Å². The van der Waals surface area contributed by atoms with Gasteiger partial charge in [-0.1, -0.05) is 64.0 Å². The summed E-state index contributed by atoms with van der Waals surface area (Å²) in [5, 5.41) is 15.4. The van der Waals surface area contributed by atoms with Gasteiger partial charge in [0, 0.05) is 27.3 Å². The lowest BCUT2D eigenvalue weighted by Crippen LogP contribution is -2.13. The summed E-state index contributed by atoms with van der Waals surface area (Å²) < 4.78 is 1.02. The molecule has 27 heavy (non-hydrogen) atoms. The SMILES string of the molecule is Cc1ccc(N[C@H](c2ccc(Br)cc2)c2ccc3cccnc3c2O)cc1. The third kappa shape index (κ3) is 3.67. The molecule has 0 aliphatic rings. The Morgan fingerprint density at radius 3 is 2.41 bits per heavy atom. The molecule has 4 rings (SSSR count). The monoisotopic (exact) mass is 418 g/mol. The Labute approximate surface area is 166 Å². The summed E-state index contributed by atoms with van der Waals surface area (Å²) in [6.45, 7) is 2.07. The summed E-state index contributed by atoms with van der Waals surface area (Å²) in [5.41, 5.74) is 4.67. The minimum absolute atomic E-state index is 0.202. The van der Waals surface area contributed by atoms with E-state index < -0.39 is 0 Å². The number of rotatable bonds is 4. The Kier molecular flexibility index (Phi) is 4.82. The predicted molar refractivity (Wildman–Crippen MR) is 114 cm³/mol. The third-order valence-electron chi connectivity index (χ3n) is 4.66. The van der Waals surface area contributed by atoms with Crippen molar-refractivity contribution < 1.29 is 5.11 Å². The zero-order valence-corrected chi connectivity index (χ0v) is 16.4. The zero-order valence-electron chi connectivity index (χ0n) is 14.9. The molecule has 0 bridgehead atoms. The van der Waals surface area contributed by atoms with Crippen molar-refractivity contribution in [3.05, 3.63) is 100 Å². The van der Waals surface area contributed by atoms with E-state index in [0.29, 0.717) is 5.52 Å². The second-order valence-corrected chi connectivity index (χ2v) is 7.49. The molecule has 3 nitrogen and oxygen atoms in total. The van der Waals surface area contributed by atoms with Crippen LogP contribution in [0.1, 0.15) is 22.7 Å². The summed E-state index contributed by atoms with van der Waals surface area (Å²) in [6.07, 6.45) is 1.70. The molecule has 0 unspecified atom stereocenters. The van der Waals surface area contributed by atoms with Crippen molar-refractivity contribution in [1.29, 1.82) is 0 Å². The van der Waals surface area contributed by atoms with Gasteiger partial charge in [-0.05, 0) is 42.8 Å². The molecular formula is C23H19BrN2O. The van der Waals surface area contributed by atoms with Crippen LogP contribution < -0.4 is 5.32 Å². The molecule has 0 spiro atoms. The van der Waals surface area contributed by atoms with E-state index in [1.54, 1.807) is 6.20 Å². The first-order valence-electron chi connectivity index (χ1n) is 8.77. The number of pyridine rings is 1. The fraction of sp³-hybridized carbons (Fsp3) is 0.0870. The van der Waals surface area contributed by atoms with Crippen LogP contribution in [-0.4, -0.2) is 10.1 Å². The number of fused-ring (bicyclic) bond motifs is 1. The summed E-state index contributed by atoms with van der Waals surface area (Å²) in [6, 6.07) is 24.0. The largest absolute Gasteiger partial charge is 0.505 e. The van der Waals surface area contributed by atoms with Crippen LogP contribution in [0.4, 0.5) is 5.69 Å². The lowest BCUT2D eigenvalue weighted by molar-refractivity contribution is 0.472. The van der Waals surface area contributed by atoms with Gasteiger partial charge in [0.25, 0.3) is 0 Å². The molecule has 0 aliphatic carbocycles. The number of anilines is 1. The molecule has 0 radical (unpaired) electrons. The van der Waals surface area contributed by atoms with E-state index in [-0.39, 0.29) is 11.8 Å². The summed E-state index contributed by atoms with van der Waals surface area (Å²) >= 11 is 3.49. The molecule has 1 aromatic heterocycles. The third-order valence-corrected chi connectivity index (χ3v) is 5.18. The molecular weight excluding hydrogens is 400 g/mol. The summed E-state index contributed by atoms with van der Waals surface area (Å²) in [7, 11) is 0. The van der Waals surface area contributed by atoms with Crippen LogP contribution >= 0.6 is 15.9 Å². The van der Waals surface area contributed by atoms with E-state index >= 15 is 0 Å². The van der Waals surface area contributed by atoms with E-state index in [0.717, 1.165) is 26.7 Å². The zero-order chi connectivity index (χ0) is 18.8. The van der Waals surface area contributed by atoms with Gasteiger partial charge in [-0.25, -0.2) is 0 Å². The van der Waals surface area contributed by atoms with Crippen molar-refractivity contribution in [3.8, 4) is 5.75 Å². The number of halogens is 1. The van der Waals surface area contributed by atoms with Crippen molar-refractivity contribution in [2.24, 2.45) is 0 Å². The van der Waals surface area contributed by atoms with Crippen LogP contribution in [0.15, 0.2) is 83.5 Å². The lowest BCUT2D eigenvalue weighted by atomic mass is 9.96. The van der Waals surface area contributed by atoms with Gasteiger partial charge in [0.1, 0.15) is 11.3 Å². The normalized spacial score (nSPS) is 12.1.